The standard InChI is InChI=1S/C19H23N3O/c1-14-5-3-7-16(11-14)21-19(23)18-9-8-17(12-20-18)22-10-4-6-15(2)13-22/h3,5,7-9,11-12,15H,4,6,10,13H2,1-2H3,(H,21,23). The van der Waals surface area contributed by atoms with Gasteiger partial charge in [0, 0.05) is 18.8 Å². The van der Waals surface area contributed by atoms with Gasteiger partial charge in [-0.15, -0.1) is 0 Å². The maximum Gasteiger partial charge on any atom is 0.274 e. The van der Waals surface area contributed by atoms with Crippen LogP contribution in [-0.4, -0.2) is 24.0 Å². The van der Waals surface area contributed by atoms with Crippen molar-refractivity contribution in [3.63, 3.8) is 0 Å². The van der Waals surface area contributed by atoms with Crippen LogP contribution in [-0.2, 0) is 0 Å². The van der Waals surface area contributed by atoms with Gasteiger partial charge < -0.3 is 10.2 Å². The number of benzene rings is 1. The number of carbonyl (C=O) groups is 1. The van der Waals surface area contributed by atoms with Gasteiger partial charge >= 0.3 is 0 Å². The maximum absolute atomic E-state index is 12.3. The van der Waals surface area contributed by atoms with E-state index < -0.39 is 0 Å². The maximum atomic E-state index is 12.3. The molecule has 0 saturated carbocycles. The summed E-state index contributed by atoms with van der Waals surface area (Å²) in [6.45, 7) is 6.42. The molecule has 1 amide bonds. The lowest BCUT2D eigenvalue weighted by molar-refractivity contribution is 0.102. The van der Waals surface area contributed by atoms with Crippen LogP contribution in [0.3, 0.4) is 0 Å². The van der Waals surface area contributed by atoms with Crippen molar-refractivity contribution in [1.29, 1.82) is 0 Å². The van der Waals surface area contributed by atoms with E-state index >= 15 is 0 Å². The van der Waals surface area contributed by atoms with Crippen molar-refractivity contribution < 1.29 is 4.79 Å². The second-order valence-corrected chi connectivity index (χ2v) is 6.42. The molecule has 0 spiro atoms. The molecule has 3 rings (SSSR count). The fourth-order valence-corrected chi connectivity index (χ4v) is 3.05. The van der Waals surface area contributed by atoms with Gasteiger partial charge in [0.15, 0.2) is 0 Å². The van der Waals surface area contributed by atoms with Crippen molar-refractivity contribution in [3.8, 4) is 0 Å². The summed E-state index contributed by atoms with van der Waals surface area (Å²) in [7, 11) is 0. The lowest BCUT2D eigenvalue weighted by Gasteiger charge is -2.32. The summed E-state index contributed by atoms with van der Waals surface area (Å²) in [5.74, 6) is 0.544. The highest BCUT2D eigenvalue weighted by atomic mass is 16.1. The number of anilines is 2. The normalized spacial score (nSPS) is 17.8. The molecule has 1 N–H and O–H groups in total. The Morgan fingerprint density at radius 1 is 1.30 bits per heavy atom. The zero-order valence-electron chi connectivity index (χ0n) is 13.7. The molecule has 4 nitrogen and oxygen atoms in total. The summed E-state index contributed by atoms with van der Waals surface area (Å²) < 4.78 is 0. The Labute approximate surface area is 137 Å². The lowest BCUT2D eigenvalue weighted by atomic mass is 10.00. The van der Waals surface area contributed by atoms with E-state index in [-0.39, 0.29) is 5.91 Å². The number of hydrogen-bond donors (Lipinski definition) is 1. The van der Waals surface area contributed by atoms with Crippen molar-refractivity contribution in [2.45, 2.75) is 26.7 Å². The minimum atomic E-state index is -0.172. The van der Waals surface area contributed by atoms with E-state index in [1.165, 1.54) is 12.8 Å². The van der Waals surface area contributed by atoms with Gasteiger partial charge in [0.05, 0.1) is 11.9 Å². The first-order chi connectivity index (χ1) is 11.1. The number of aryl methyl sites for hydroxylation is 1. The molecule has 2 heterocycles. The molecule has 0 bridgehead atoms. The number of aromatic nitrogens is 1. The Morgan fingerprint density at radius 2 is 2.17 bits per heavy atom. The Bertz CT molecular complexity index is 681. The van der Waals surface area contributed by atoms with Crippen molar-refractivity contribution in [1.82, 2.24) is 4.98 Å². The molecule has 1 aliphatic rings. The Morgan fingerprint density at radius 3 is 2.87 bits per heavy atom. The van der Waals surface area contributed by atoms with Crippen LogP contribution in [0.1, 0.15) is 35.8 Å². The van der Waals surface area contributed by atoms with Gasteiger partial charge in [-0.3, -0.25) is 4.79 Å². The first-order valence-electron chi connectivity index (χ1n) is 8.21. The molecular weight excluding hydrogens is 286 g/mol. The summed E-state index contributed by atoms with van der Waals surface area (Å²) in [6.07, 6.45) is 4.32. The van der Waals surface area contributed by atoms with E-state index in [9.17, 15) is 4.79 Å². The molecule has 1 aromatic heterocycles. The first-order valence-corrected chi connectivity index (χ1v) is 8.21. The first kappa shape index (κ1) is 15.5. The summed E-state index contributed by atoms with van der Waals surface area (Å²) in [4.78, 5) is 19.0. The average Bonchev–Trinajstić information content (AvgIpc) is 2.55. The minimum absolute atomic E-state index is 0.172. The third-order valence-electron chi connectivity index (χ3n) is 4.28. The second kappa shape index (κ2) is 6.82. The molecule has 2 aromatic rings. The van der Waals surface area contributed by atoms with Gasteiger partial charge in [-0.1, -0.05) is 19.1 Å². The number of pyridine rings is 1. The molecule has 1 aromatic carbocycles. The third-order valence-corrected chi connectivity index (χ3v) is 4.28. The molecule has 120 valence electrons. The van der Waals surface area contributed by atoms with E-state index in [0.29, 0.717) is 11.6 Å². The number of piperidine rings is 1. The van der Waals surface area contributed by atoms with Crippen LogP contribution < -0.4 is 10.2 Å². The zero-order chi connectivity index (χ0) is 16.2. The van der Waals surface area contributed by atoms with E-state index in [1.54, 1.807) is 6.07 Å². The smallest absolute Gasteiger partial charge is 0.274 e. The van der Waals surface area contributed by atoms with Gasteiger partial charge in [0.2, 0.25) is 0 Å². The average molecular weight is 309 g/mol. The highest BCUT2D eigenvalue weighted by Crippen LogP contribution is 2.22. The summed E-state index contributed by atoms with van der Waals surface area (Å²) in [6, 6.07) is 11.6. The molecule has 23 heavy (non-hydrogen) atoms. The predicted octanol–water partition coefficient (Wildman–Crippen LogP) is 3.88. The zero-order valence-corrected chi connectivity index (χ0v) is 13.7. The predicted molar refractivity (Wildman–Crippen MR) is 94.0 cm³/mol. The Kier molecular flexibility index (Phi) is 4.60. The fraction of sp³-hybridized carbons (Fsp3) is 0.368. The largest absolute Gasteiger partial charge is 0.370 e. The van der Waals surface area contributed by atoms with Crippen LogP contribution in [0.4, 0.5) is 11.4 Å². The summed E-state index contributed by atoms with van der Waals surface area (Å²) >= 11 is 0. The number of hydrogen-bond acceptors (Lipinski definition) is 3. The molecule has 0 radical (unpaired) electrons. The number of nitrogens with zero attached hydrogens (tertiary/aromatic N) is 2. The quantitative estimate of drug-likeness (QED) is 0.936. The number of rotatable bonds is 3. The van der Waals surface area contributed by atoms with Crippen molar-refractivity contribution in [3.05, 3.63) is 53.9 Å². The number of nitrogens with one attached hydrogen (secondary N) is 1. The van der Waals surface area contributed by atoms with Crippen LogP contribution in [0.2, 0.25) is 0 Å². The number of carbonyl (C=O) groups excluding carboxylic acids is 1. The Balaban J connectivity index is 1.68. The lowest BCUT2D eigenvalue weighted by Crippen LogP contribution is -2.34. The topological polar surface area (TPSA) is 45.2 Å². The van der Waals surface area contributed by atoms with Gasteiger partial charge in [0.25, 0.3) is 5.91 Å². The van der Waals surface area contributed by atoms with Crippen LogP contribution in [0.25, 0.3) is 0 Å². The second-order valence-electron chi connectivity index (χ2n) is 6.42. The molecule has 1 fully saturated rings. The minimum Gasteiger partial charge on any atom is -0.370 e. The molecule has 4 heteroatoms. The highest BCUT2D eigenvalue weighted by molar-refractivity contribution is 6.02. The van der Waals surface area contributed by atoms with Gasteiger partial charge in [0.1, 0.15) is 5.69 Å². The Hall–Kier alpha value is -2.36. The van der Waals surface area contributed by atoms with E-state index in [0.717, 1.165) is 30.0 Å². The van der Waals surface area contributed by atoms with E-state index in [4.69, 9.17) is 0 Å². The van der Waals surface area contributed by atoms with Crippen LogP contribution >= 0.6 is 0 Å². The molecular formula is C19H23N3O. The van der Waals surface area contributed by atoms with Gasteiger partial charge in [-0.25, -0.2) is 4.98 Å². The van der Waals surface area contributed by atoms with Crippen LogP contribution in [0, 0.1) is 12.8 Å². The highest BCUT2D eigenvalue weighted by Gasteiger charge is 2.17. The van der Waals surface area contributed by atoms with Crippen molar-refractivity contribution in [2.75, 3.05) is 23.3 Å². The van der Waals surface area contributed by atoms with E-state index in [1.807, 2.05) is 43.5 Å². The fourth-order valence-electron chi connectivity index (χ4n) is 3.05. The molecule has 1 atom stereocenters. The van der Waals surface area contributed by atoms with Gasteiger partial charge in [-0.2, -0.15) is 0 Å². The van der Waals surface area contributed by atoms with Crippen molar-refractivity contribution >= 4 is 17.3 Å². The van der Waals surface area contributed by atoms with E-state index in [2.05, 4.69) is 22.1 Å². The van der Waals surface area contributed by atoms with Crippen LogP contribution in [0.15, 0.2) is 42.6 Å². The molecule has 1 aliphatic heterocycles. The number of amides is 1. The molecule has 0 aliphatic carbocycles. The summed E-state index contributed by atoms with van der Waals surface area (Å²) in [5, 5.41) is 2.89. The summed E-state index contributed by atoms with van der Waals surface area (Å²) in [5.41, 5.74) is 3.46. The SMILES string of the molecule is Cc1cccc(NC(=O)c2ccc(N3CCCC(C)C3)cn2)c1. The monoisotopic (exact) mass is 309 g/mol. The third kappa shape index (κ3) is 3.89. The van der Waals surface area contributed by atoms with Crippen molar-refractivity contribution in [2.24, 2.45) is 5.92 Å². The van der Waals surface area contributed by atoms with Gasteiger partial charge in [-0.05, 0) is 55.5 Å². The molecule has 1 unspecified atom stereocenters. The molecule has 1 saturated heterocycles. The van der Waals surface area contributed by atoms with Crippen LogP contribution in [0.5, 0.6) is 0 Å².